The molecular weight excluding hydrogens is 230 g/mol. The van der Waals surface area contributed by atoms with Crippen LogP contribution in [0.15, 0.2) is 18.2 Å². The van der Waals surface area contributed by atoms with Crippen LogP contribution in [0, 0.1) is 0 Å². The molecular formula is C14H21NO3. The third-order valence-corrected chi connectivity index (χ3v) is 3.28. The fourth-order valence-corrected chi connectivity index (χ4v) is 1.99. The number of hydrogen-bond donors (Lipinski definition) is 1. The van der Waals surface area contributed by atoms with E-state index in [1.54, 1.807) is 7.11 Å². The molecule has 1 heterocycles. The molecule has 0 saturated carbocycles. The van der Waals surface area contributed by atoms with Crippen LogP contribution in [0.4, 0.5) is 0 Å². The minimum Gasteiger partial charge on any atom is -0.486 e. The lowest BCUT2D eigenvalue weighted by atomic mass is 10.0. The number of rotatable bonds is 5. The maximum Gasteiger partial charge on any atom is 0.161 e. The molecule has 0 fully saturated rings. The summed E-state index contributed by atoms with van der Waals surface area (Å²) in [5.74, 6) is 1.61. The smallest absolute Gasteiger partial charge is 0.161 e. The molecule has 4 nitrogen and oxygen atoms in total. The van der Waals surface area contributed by atoms with Crippen molar-refractivity contribution >= 4 is 0 Å². The molecule has 2 rings (SSSR count). The van der Waals surface area contributed by atoms with E-state index in [4.69, 9.17) is 19.9 Å². The van der Waals surface area contributed by atoms with E-state index in [1.807, 2.05) is 18.2 Å². The van der Waals surface area contributed by atoms with E-state index < -0.39 is 0 Å². The molecule has 4 heteroatoms. The van der Waals surface area contributed by atoms with E-state index in [2.05, 4.69) is 6.92 Å². The Bertz CT molecular complexity index is 395. The zero-order chi connectivity index (χ0) is 13.0. The lowest BCUT2D eigenvalue weighted by Crippen LogP contribution is -2.17. The summed E-state index contributed by atoms with van der Waals surface area (Å²) in [4.78, 5) is 0. The van der Waals surface area contributed by atoms with Crippen molar-refractivity contribution in [3.8, 4) is 11.5 Å². The van der Waals surface area contributed by atoms with Crippen LogP contribution in [-0.4, -0.2) is 26.4 Å². The molecule has 1 aromatic rings. The molecule has 2 unspecified atom stereocenters. The highest BCUT2D eigenvalue weighted by Gasteiger charge is 2.15. The lowest BCUT2D eigenvalue weighted by molar-refractivity contribution is 0.107. The van der Waals surface area contributed by atoms with E-state index in [0.29, 0.717) is 13.2 Å². The summed E-state index contributed by atoms with van der Waals surface area (Å²) >= 11 is 0. The summed E-state index contributed by atoms with van der Waals surface area (Å²) < 4.78 is 16.3. The molecule has 1 aromatic carbocycles. The zero-order valence-corrected chi connectivity index (χ0v) is 11.0. The van der Waals surface area contributed by atoms with Crippen molar-refractivity contribution in [2.45, 2.75) is 31.9 Å². The van der Waals surface area contributed by atoms with Gasteiger partial charge in [-0.3, -0.25) is 0 Å². The number of hydrogen-bond acceptors (Lipinski definition) is 4. The fraction of sp³-hybridized carbons (Fsp3) is 0.571. The van der Waals surface area contributed by atoms with Crippen LogP contribution < -0.4 is 15.2 Å². The summed E-state index contributed by atoms with van der Waals surface area (Å²) in [7, 11) is 1.72. The second-order valence-corrected chi connectivity index (χ2v) is 4.63. The molecule has 100 valence electrons. The Labute approximate surface area is 108 Å². The van der Waals surface area contributed by atoms with E-state index in [0.717, 1.165) is 29.9 Å². The van der Waals surface area contributed by atoms with Crippen LogP contribution in [0.5, 0.6) is 11.5 Å². The Balaban J connectivity index is 1.99. The van der Waals surface area contributed by atoms with Crippen molar-refractivity contribution in [1.29, 1.82) is 0 Å². The third kappa shape index (κ3) is 3.15. The number of fused-ring (bicyclic) bond motifs is 1. The Morgan fingerprint density at radius 1 is 1.22 bits per heavy atom. The Kier molecular flexibility index (Phi) is 4.44. The molecule has 0 aromatic heterocycles. The van der Waals surface area contributed by atoms with Crippen LogP contribution in [0.1, 0.15) is 31.4 Å². The van der Waals surface area contributed by atoms with Gasteiger partial charge in [-0.25, -0.2) is 0 Å². The molecule has 0 spiro atoms. The van der Waals surface area contributed by atoms with E-state index in [-0.39, 0.29) is 12.1 Å². The molecule has 0 bridgehead atoms. The van der Waals surface area contributed by atoms with Gasteiger partial charge in [-0.15, -0.1) is 0 Å². The van der Waals surface area contributed by atoms with Crippen LogP contribution >= 0.6 is 0 Å². The van der Waals surface area contributed by atoms with Crippen LogP contribution in [-0.2, 0) is 4.74 Å². The molecule has 1 aliphatic rings. The summed E-state index contributed by atoms with van der Waals surface area (Å²) in [6, 6.07) is 5.94. The molecule has 1 aliphatic heterocycles. The maximum absolute atomic E-state index is 6.18. The van der Waals surface area contributed by atoms with Crippen molar-refractivity contribution in [3.05, 3.63) is 23.8 Å². The first-order valence-corrected chi connectivity index (χ1v) is 6.38. The normalized spacial score (nSPS) is 17.3. The van der Waals surface area contributed by atoms with Gasteiger partial charge in [0.05, 0.1) is 6.10 Å². The van der Waals surface area contributed by atoms with Crippen LogP contribution in [0.25, 0.3) is 0 Å². The van der Waals surface area contributed by atoms with Crippen molar-refractivity contribution in [2.75, 3.05) is 20.3 Å². The molecule has 2 atom stereocenters. The summed E-state index contributed by atoms with van der Waals surface area (Å²) in [5, 5.41) is 0. The maximum atomic E-state index is 6.18. The van der Waals surface area contributed by atoms with Gasteiger partial charge in [0.2, 0.25) is 0 Å². The second-order valence-electron chi connectivity index (χ2n) is 4.63. The quantitative estimate of drug-likeness (QED) is 0.872. The monoisotopic (exact) mass is 251 g/mol. The molecule has 0 saturated heterocycles. The topological polar surface area (TPSA) is 53.7 Å². The first-order chi connectivity index (χ1) is 8.70. The molecule has 0 radical (unpaired) electrons. The summed E-state index contributed by atoms with van der Waals surface area (Å²) in [6.07, 6.45) is 2.09. The molecule has 0 amide bonds. The number of ether oxygens (including phenoxy) is 3. The molecule has 2 N–H and O–H groups in total. The van der Waals surface area contributed by atoms with E-state index in [9.17, 15) is 0 Å². The molecule has 0 aliphatic carbocycles. The highest BCUT2D eigenvalue weighted by molar-refractivity contribution is 5.44. The van der Waals surface area contributed by atoms with Crippen molar-refractivity contribution in [1.82, 2.24) is 0 Å². The number of methoxy groups -OCH3 is 1. The average Bonchev–Trinajstić information content (AvgIpc) is 2.43. The highest BCUT2D eigenvalue weighted by Crippen LogP contribution is 2.33. The van der Waals surface area contributed by atoms with Gasteiger partial charge in [0, 0.05) is 13.2 Å². The summed E-state index contributed by atoms with van der Waals surface area (Å²) in [6.45, 7) is 3.27. The van der Waals surface area contributed by atoms with Crippen molar-refractivity contribution < 1.29 is 14.2 Å². The Hall–Kier alpha value is -1.26. The van der Waals surface area contributed by atoms with Gasteiger partial charge in [0.25, 0.3) is 0 Å². The van der Waals surface area contributed by atoms with Crippen molar-refractivity contribution in [3.63, 3.8) is 0 Å². The lowest BCUT2D eigenvalue weighted by Gasteiger charge is -2.21. The average molecular weight is 251 g/mol. The predicted molar refractivity (Wildman–Crippen MR) is 70.1 cm³/mol. The Morgan fingerprint density at radius 3 is 2.67 bits per heavy atom. The van der Waals surface area contributed by atoms with Crippen LogP contribution in [0.2, 0.25) is 0 Å². The highest BCUT2D eigenvalue weighted by atomic mass is 16.6. The Morgan fingerprint density at radius 2 is 1.94 bits per heavy atom. The van der Waals surface area contributed by atoms with E-state index in [1.165, 1.54) is 0 Å². The third-order valence-electron chi connectivity index (χ3n) is 3.28. The fourth-order valence-electron chi connectivity index (χ4n) is 1.99. The minimum absolute atomic E-state index is 0.0124. The SMILES string of the molecule is COC(C)CCC(N)c1ccc2c(c1)OCCO2. The van der Waals surface area contributed by atoms with Gasteiger partial charge in [-0.2, -0.15) is 0 Å². The van der Waals surface area contributed by atoms with Crippen LogP contribution in [0.3, 0.4) is 0 Å². The first kappa shape index (κ1) is 13.2. The van der Waals surface area contributed by atoms with Gasteiger partial charge >= 0.3 is 0 Å². The van der Waals surface area contributed by atoms with Gasteiger partial charge in [0.15, 0.2) is 11.5 Å². The number of nitrogens with two attached hydrogens (primary N) is 1. The zero-order valence-electron chi connectivity index (χ0n) is 11.0. The van der Waals surface area contributed by atoms with Gasteiger partial charge in [-0.1, -0.05) is 6.07 Å². The second kappa shape index (κ2) is 6.07. The predicted octanol–water partition coefficient (Wildman–Crippen LogP) is 2.27. The minimum atomic E-state index is 0.0124. The van der Waals surface area contributed by atoms with Gasteiger partial charge < -0.3 is 19.9 Å². The molecule has 18 heavy (non-hydrogen) atoms. The standard InChI is InChI=1S/C14H21NO3/c1-10(16-2)3-5-12(15)11-4-6-13-14(9-11)18-8-7-17-13/h4,6,9-10,12H,3,5,7-8,15H2,1-2H3. The van der Waals surface area contributed by atoms with Gasteiger partial charge in [-0.05, 0) is 37.5 Å². The summed E-state index contributed by atoms with van der Waals surface area (Å²) in [5.41, 5.74) is 7.26. The first-order valence-electron chi connectivity index (χ1n) is 6.38. The largest absolute Gasteiger partial charge is 0.486 e. The van der Waals surface area contributed by atoms with Gasteiger partial charge in [0.1, 0.15) is 13.2 Å². The van der Waals surface area contributed by atoms with Crippen molar-refractivity contribution in [2.24, 2.45) is 5.73 Å². The van der Waals surface area contributed by atoms with E-state index >= 15 is 0 Å². The number of benzene rings is 1.